The molecule has 3 N–H and O–H groups in total. The summed E-state index contributed by atoms with van der Waals surface area (Å²) in [4.78, 5) is 10.2. The van der Waals surface area contributed by atoms with Crippen LogP contribution in [-0.4, -0.2) is 45.2 Å². The molecule has 0 aromatic heterocycles. The second-order valence-corrected chi connectivity index (χ2v) is 8.58. The zero-order valence-corrected chi connectivity index (χ0v) is 19.9. The molecule has 0 heterocycles. The molecular weight excluding hydrogens is 447 g/mol. The number of rotatable bonds is 17. The van der Waals surface area contributed by atoms with E-state index in [1.165, 1.54) is 6.07 Å². The monoisotopic (exact) mass is 482 g/mol. The quantitative estimate of drug-likeness (QED) is 0.160. The van der Waals surface area contributed by atoms with Crippen molar-refractivity contribution in [1.82, 2.24) is 10.6 Å². The summed E-state index contributed by atoms with van der Waals surface area (Å²) in [6.07, 6.45) is 9.96. The van der Waals surface area contributed by atoms with E-state index in [0.717, 1.165) is 83.0 Å². The normalized spacial score (nSPS) is 18.7. The van der Waals surface area contributed by atoms with Gasteiger partial charge in [-0.1, -0.05) is 17.7 Å². The zero-order chi connectivity index (χ0) is 23.7. The minimum atomic E-state index is -0.512. The smallest absolute Gasteiger partial charge is 0.183 e. The molecule has 0 radical (unpaired) electrons. The molecule has 1 saturated carbocycles. The number of nitrogens with zero attached hydrogens (tertiary/aromatic N) is 1. The van der Waals surface area contributed by atoms with E-state index in [-0.39, 0.29) is 22.8 Å². The van der Waals surface area contributed by atoms with Crippen LogP contribution in [0.25, 0.3) is 0 Å². The Hall–Kier alpha value is -2.03. The summed E-state index contributed by atoms with van der Waals surface area (Å²) in [7, 11) is 0. The number of allylic oxidation sites excluding steroid dienone is 1. The maximum atomic E-state index is 14.0. The Morgan fingerprint density at radius 3 is 2.70 bits per heavy atom. The number of ether oxygens (including phenoxy) is 2. The number of nitrogens with one attached hydrogen (secondary N) is 3. The minimum Gasteiger partial charge on any atom is -0.487 e. The van der Waals surface area contributed by atoms with Crippen LogP contribution in [0.1, 0.15) is 51.4 Å². The molecule has 0 saturated heterocycles. The molecule has 0 amide bonds. The van der Waals surface area contributed by atoms with E-state index in [4.69, 9.17) is 26.6 Å². The van der Waals surface area contributed by atoms with Crippen LogP contribution in [0.3, 0.4) is 0 Å². The Morgan fingerprint density at radius 2 is 1.94 bits per heavy atom. The molecule has 7 nitrogen and oxygen atoms in total. The van der Waals surface area contributed by atoms with Crippen LogP contribution in [0.2, 0.25) is 5.02 Å². The Bertz CT molecular complexity index is 742. The van der Waals surface area contributed by atoms with E-state index in [1.807, 2.05) is 6.20 Å². The second-order valence-electron chi connectivity index (χ2n) is 8.18. The van der Waals surface area contributed by atoms with Crippen molar-refractivity contribution in [2.75, 3.05) is 32.8 Å². The van der Waals surface area contributed by atoms with Crippen LogP contribution < -0.4 is 15.4 Å². The lowest BCUT2D eigenvalue weighted by Gasteiger charge is -2.29. The minimum absolute atomic E-state index is 0.0519. The van der Waals surface area contributed by atoms with Crippen LogP contribution >= 0.6 is 11.6 Å². The number of unbranched alkanes of at least 4 members (excludes halogenated alkanes) is 2. The number of halogens is 2. The Morgan fingerprint density at radius 1 is 1.15 bits per heavy atom. The van der Waals surface area contributed by atoms with Crippen LogP contribution in [0.5, 0.6) is 5.75 Å². The number of hydrogen-bond donors (Lipinski definition) is 3. The highest BCUT2D eigenvalue weighted by atomic mass is 35.5. The van der Waals surface area contributed by atoms with E-state index in [2.05, 4.69) is 15.7 Å². The Labute approximate surface area is 200 Å². The molecule has 0 spiro atoms. The van der Waals surface area contributed by atoms with Gasteiger partial charge in [0.25, 0.3) is 0 Å². The van der Waals surface area contributed by atoms with E-state index in [1.54, 1.807) is 12.1 Å². The molecule has 9 heteroatoms. The summed E-state index contributed by atoms with van der Waals surface area (Å²) < 4.78 is 25.4. The van der Waals surface area contributed by atoms with E-state index in [9.17, 15) is 9.18 Å². The van der Waals surface area contributed by atoms with Gasteiger partial charge in [-0.2, -0.15) is 5.11 Å². The molecule has 2 rings (SSSR count). The Balaban J connectivity index is 1.55. The van der Waals surface area contributed by atoms with Gasteiger partial charge < -0.3 is 24.9 Å². The highest BCUT2D eigenvalue weighted by Gasteiger charge is 2.26. The highest BCUT2D eigenvalue weighted by molar-refractivity contribution is 6.30. The molecule has 184 valence electrons. The largest absolute Gasteiger partial charge is 0.487 e. The molecule has 1 aromatic carbocycles. The number of carbonyl (C=O) groups is 1. The number of carbonyl (C=O) groups excluding carboxylic acids is 1. The lowest BCUT2D eigenvalue weighted by Crippen LogP contribution is -2.25. The van der Waals surface area contributed by atoms with Gasteiger partial charge in [0, 0.05) is 31.9 Å². The highest BCUT2D eigenvalue weighted by Crippen LogP contribution is 2.34. The van der Waals surface area contributed by atoms with Gasteiger partial charge in [-0.15, -0.1) is 0 Å². The summed E-state index contributed by atoms with van der Waals surface area (Å²) in [6.45, 7) is 3.50. The van der Waals surface area contributed by atoms with Gasteiger partial charge in [-0.25, -0.2) is 9.92 Å². The van der Waals surface area contributed by atoms with Gasteiger partial charge in [-0.05, 0) is 70.0 Å². The lowest BCUT2D eigenvalue weighted by molar-refractivity contribution is -0.107. The van der Waals surface area contributed by atoms with Crippen molar-refractivity contribution in [3.63, 3.8) is 0 Å². The standard InChI is InChI=1S/C24H36ClFN4O3/c25-21-6-4-7-23(24(21)26)33-20-10-8-19(9-11-20)22(30-27)18-29-12-2-1-3-16-32-17-5-13-28-14-15-31/h4,6-7,15,18-20,27-29H,1-3,5,8-14,16-17H2/b22-18-,30-27?. The lowest BCUT2D eigenvalue weighted by atomic mass is 9.85. The van der Waals surface area contributed by atoms with Crippen molar-refractivity contribution in [2.45, 2.75) is 57.5 Å². The molecule has 0 aliphatic heterocycles. The fourth-order valence-corrected chi connectivity index (χ4v) is 3.99. The van der Waals surface area contributed by atoms with Crippen molar-refractivity contribution in [3.8, 4) is 5.75 Å². The summed E-state index contributed by atoms with van der Waals surface area (Å²) in [6, 6.07) is 4.79. The summed E-state index contributed by atoms with van der Waals surface area (Å²) in [5, 5.41) is 10.1. The summed E-state index contributed by atoms with van der Waals surface area (Å²) >= 11 is 5.82. The number of aldehydes is 1. The molecule has 0 atom stereocenters. The zero-order valence-electron chi connectivity index (χ0n) is 19.2. The van der Waals surface area contributed by atoms with Crippen molar-refractivity contribution < 1.29 is 18.7 Å². The average molecular weight is 483 g/mol. The molecule has 1 aromatic rings. The van der Waals surface area contributed by atoms with Gasteiger partial charge in [0.1, 0.15) is 6.29 Å². The first-order valence-electron chi connectivity index (χ1n) is 11.8. The summed E-state index contributed by atoms with van der Waals surface area (Å²) in [5.74, 6) is -0.0961. The fourth-order valence-electron chi connectivity index (χ4n) is 3.82. The first kappa shape index (κ1) is 27.2. The van der Waals surface area contributed by atoms with E-state index >= 15 is 0 Å². The SMILES string of the molecule is N=N/C(=C\NCCCCCOCCCNCC=O)C1CCC(Oc2cccc(Cl)c2F)CC1. The molecule has 33 heavy (non-hydrogen) atoms. The van der Waals surface area contributed by atoms with Crippen molar-refractivity contribution in [1.29, 1.82) is 5.53 Å². The van der Waals surface area contributed by atoms with Gasteiger partial charge in [0.05, 0.1) is 23.4 Å². The molecule has 1 aliphatic rings. The molecule has 0 bridgehead atoms. The molecule has 1 fully saturated rings. The first-order valence-corrected chi connectivity index (χ1v) is 12.2. The maximum absolute atomic E-state index is 14.0. The second kappa shape index (κ2) is 16.6. The van der Waals surface area contributed by atoms with Crippen LogP contribution in [-0.2, 0) is 9.53 Å². The fraction of sp³-hybridized carbons (Fsp3) is 0.625. The third-order valence-electron chi connectivity index (χ3n) is 5.66. The van der Waals surface area contributed by atoms with Crippen LogP contribution in [0, 0.1) is 17.3 Å². The molecular formula is C24H36ClFN4O3. The van der Waals surface area contributed by atoms with Crippen LogP contribution in [0.15, 0.2) is 35.2 Å². The topological polar surface area (TPSA) is 95.8 Å². The third kappa shape index (κ3) is 10.6. The predicted octanol–water partition coefficient (Wildman–Crippen LogP) is 5.24. The summed E-state index contributed by atoms with van der Waals surface area (Å²) in [5.41, 5.74) is 8.28. The van der Waals surface area contributed by atoms with E-state index in [0.29, 0.717) is 13.2 Å². The van der Waals surface area contributed by atoms with Crippen LogP contribution in [0.4, 0.5) is 4.39 Å². The van der Waals surface area contributed by atoms with Crippen molar-refractivity contribution >= 4 is 17.9 Å². The van der Waals surface area contributed by atoms with Crippen molar-refractivity contribution in [3.05, 3.63) is 40.9 Å². The van der Waals surface area contributed by atoms with Gasteiger partial charge >= 0.3 is 0 Å². The number of benzene rings is 1. The van der Waals surface area contributed by atoms with Crippen molar-refractivity contribution in [2.24, 2.45) is 11.0 Å². The van der Waals surface area contributed by atoms with Gasteiger partial charge in [0.2, 0.25) is 0 Å². The average Bonchev–Trinajstić information content (AvgIpc) is 2.83. The Kier molecular flexibility index (Phi) is 13.7. The van der Waals surface area contributed by atoms with E-state index < -0.39 is 5.82 Å². The molecule has 1 aliphatic carbocycles. The maximum Gasteiger partial charge on any atom is 0.183 e. The third-order valence-corrected chi connectivity index (χ3v) is 5.95. The number of hydrogen-bond acceptors (Lipinski definition) is 7. The first-order chi connectivity index (χ1) is 16.2. The predicted molar refractivity (Wildman–Crippen MR) is 127 cm³/mol. The molecule has 0 unspecified atom stereocenters. The van der Waals surface area contributed by atoms with Gasteiger partial charge in [-0.3, -0.25) is 0 Å². The van der Waals surface area contributed by atoms with Gasteiger partial charge in [0.15, 0.2) is 11.6 Å².